The molecule has 0 bridgehead atoms. The quantitative estimate of drug-likeness (QED) is 0.542. The SMILES string of the molecule is CC(=N)c1cnn(-c2nccc3cc(NC4=NCc5cccnc54)ccc23)c1. The lowest BCUT2D eigenvalue weighted by Crippen LogP contribution is -2.13. The molecule has 1 aliphatic heterocycles. The first-order valence-electron chi connectivity index (χ1n) is 8.94. The van der Waals surface area contributed by atoms with Crippen LogP contribution in [0.15, 0.2) is 66.2 Å². The minimum absolute atomic E-state index is 0.476. The van der Waals surface area contributed by atoms with Gasteiger partial charge in [-0.25, -0.2) is 9.67 Å². The molecule has 0 unspecified atom stereocenters. The lowest BCUT2D eigenvalue weighted by Gasteiger charge is -2.10. The second-order valence-electron chi connectivity index (χ2n) is 6.67. The fourth-order valence-corrected chi connectivity index (χ4v) is 3.31. The van der Waals surface area contributed by atoms with Gasteiger partial charge < -0.3 is 10.7 Å². The number of aliphatic imine (C=N–C) groups is 1. The van der Waals surface area contributed by atoms with Gasteiger partial charge in [0.05, 0.1) is 12.7 Å². The predicted octanol–water partition coefficient (Wildman–Crippen LogP) is 3.58. The Kier molecular flexibility index (Phi) is 3.72. The minimum atomic E-state index is 0.476. The summed E-state index contributed by atoms with van der Waals surface area (Å²) in [6.07, 6.45) is 7.06. The van der Waals surface area contributed by atoms with E-state index in [0.29, 0.717) is 12.3 Å². The van der Waals surface area contributed by atoms with Gasteiger partial charge in [0.1, 0.15) is 5.69 Å². The summed E-state index contributed by atoms with van der Waals surface area (Å²) in [5, 5.41) is 17.5. The molecule has 5 rings (SSSR count). The van der Waals surface area contributed by atoms with Crippen LogP contribution in [0, 0.1) is 5.41 Å². The largest absolute Gasteiger partial charge is 0.339 e. The highest BCUT2D eigenvalue weighted by molar-refractivity contribution is 6.10. The molecule has 2 N–H and O–H groups in total. The van der Waals surface area contributed by atoms with Crippen LogP contribution in [-0.4, -0.2) is 31.3 Å². The van der Waals surface area contributed by atoms with Gasteiger partial charge >= 0.3 is 0 Å². The molecular formula is C21H17N7. The molecule has 0 atom stereocenters. The fourth-order valence-electron chi connectivity index (χ4n) is 3.31. The number of amidine groups is 1. The van der Waals surface area contributed by atoms with Gasteiger partial charge in [-0.3, -0.25) is 9.98 Å². The van der Waals surface area contributed by atoms with Gasteiger partial charge in [0.25, 0.3) is 0 Å². The van der Waals surface area contributed by atoms with E-state index >= 15 is 0 Å². The molecule has 0 fully saturated rings. The van der Waals surface area contributed by atoms with Crippen molar-refractivity contribution in [3.05, 3.63) is 78.0 Å². The third-order valence-corrected chi connectivity index (χ3v) is 4.76. The highest BCUT2D eigenvalue weighted by Gasteiger charge is 2.17. The lowest BCUT2D eigenvalue weighted by molar-refractivity contribution is 0.856. The molecule has 4 heterocycles. The summed E-state index contributed by atoms with van der Waals surface area (Å²) in [5.74, 6) is 1.53. The standard InChI is InChI=1S/C21H17N7/c1-13(22)16-11-26-28(12-16)21-18-5-4-17(9-14(18)6-8-24-21)27-20-19-15(10-25-20)3-2-7-23-19/h2-9,11-12,22H,10H2,1H3,(H,25,27). The lowest BCUT2D eigenvalue weighted by atomic mass is 10.1. The van der Waals surface area contributed by atoms with Crippen LogP contribution in [0.3, 0.4) is 0 Å². The number of hydrogen-bond donors (Lipinski definition) is 2. The van der Waals surface area contributed by atoms with E-state index in [1.807, 2.05) is 36.5 Å². The maximum Gasteiger partial charge on any atom is 0.161 e. The van der Waals surface area contributed by atoms with Crippen molar-refractivity contribution < 1.29 is 0 Å². The Morgan fingerprint density at radius 3 is 2.93 bits per heavy atom. The summed E-state index contributed by atoms with van der Waals surface area (Å²) >= 11 is 0. The molecule has 1 aliphatic rings. The number of anilines is 1. The van der Waals surface area contributed by atoms with Crippen molar-refractivity contribution in [2.75, 3.05) is 5.32 Å². The first-order valence-corrected chi connectivity index (χ1v) is 8.94. The van der Waals surface area contributed by atoms with Crippen molar-refractivity contribution in [1.82, 2.24) is 19.7 Å². The fraction of sp³-hybridized carbons (Fsp3) is 0.0952. The summed E-state index contributed by atoms with van der Waals surface area (Å²) in [7, 11) is 0. The zero-order valence-electron chi connectivity index (χ0n) is 15.2. The van der Waals surface area contributed by atoms with Crippen LogP contribution < -0.4 is 5.32 Å². The van der Waals surface area contributed by atoms with Gasteiger partial charge in [-0.2, -0.15) is 5.10 Å². The molecule has 0 spiro atoms. The Bertz CT molecular complexity index is 1250. The molecule has 0 amide bonds. The number of fused-ring (bicyclic) bond motifs is 2. The zero-order valence-corrected chi connectivity index (χ0v) is 15.2. The van der Waals surface area contributed by atoms with Crippen molar-refractivity contribution in [2.24, 2.45) is 4.99 Å². The second-order valence-corrected chi connectivity index (χ2v) is 6.67. The predicted molar refractivity (Wildman–Crippen MR) is 109 cm³/mol. The van der Waals surface area contributed by atoms with Crippen LogP contribution in [0.25, 0.3) is 16.6 Å². The molecule has 0 saturated heterocycles. The van der Waals surface area contributed by atoms with Gasteiger partial charge in [0, 0.05) is 46.5 Å². The van der Waals surface area contributed by atoms with E-state index < -0.39 is 0 Å². The molecule has 4 aromatic rings. The summed E-state index contributed by atoms with van der Waals surface area (Å²) < 4.78 is 1.71. The maximum atomic E-state index is 7.76. The zero-order chi connectivity index (χ0) is 19.1. The van der Waals surface area contributed by atoms with Crippen molar-refractivity contribution >= 4 is 28.0 Å². The number of pyridine rings is 2. The average Bonchev–Trinajstić information content (AvgIpc) is 3.35. The molecule has 0 aliphatic carbocycles. The Morgan fingerprint density at radius 2 is 2.07 bits per heavy atom. The molecule has 1 aromatic carbocycles. The van der Waals surface area contributed by atoms with Crippen LogP contribution >= 0.6 is 0 Å². The number of hydrogen-bond acceptors (Lipinski definition) is 6. The van der Waals surface area contributed by atoms with Crippen molar-refractivity contribution in [3.63, 3.8) is 0 Å². The van der Waals surface area contributed by atoms with E-state index in [-0.39, 0.29) is 0 Å². The van der Waals surface area contributed by atoms with Crippen LogP contribution in [0.2, 0.25) is 0 Å². The van der Waals surface area contributed by atoms with Gasteiger partial charge in [0.15, 0.2) is 11.7 Å². The van der Waals surface area contributed by atoms with Crippen LogP contribution in [0.1, 0.15) is 23.7 Å². The van der Waals surface area contributed by atoms with E-state index in [0.717, 1.165) is 44.9 Å². The highest BCUT2D eigenvalue weighted by atomic mass is 15.3. The molecule has 7 nitrogen and oxygen atoms in total. The van der Waals surface area contributed by atoms with E-state index in [1.54, 1.807) is 30.2 Å². The Balaban J connectivity index is 1.50. The first kappa shape index (κ1) is 16.3. The number of rotatable bonds is 3. The Morgan fingerprint density at radius 1 is 1.14 bits per heavy atom. The van der Waals surface area contributed by atoms with Crippen molar-refractivity contribution in [1.29, 1.82) is 5.41 Å². The van der Waals surface area contributed by atoms with Gasteiger partial charge in [0.2, 0.25) is 0 Å². The number of benzene rings is 1. The van der Waals surface area contributed by atoms with Crippen LogP contribution in [0.4, 0.5) is 5.69 Å². The molecule has 3 aromatic heterocycles. The summed E-state index contributed by atoms with van der Waals surface area (Å²) in [6.45, 7) is 2.40. The van der Waals surface area contributed by atoms with Gasteiger partial charge in [-0.05, 0) is 42.6 Å². The summed E-state index contributed by atoms with van der Waals surface area (Å²) in [4.78, 5) is 13.5. The maximum absolute atomic E-state index is 7.76. The first-order chi connectivity index (χ1) is 13.7. The molecule has 7 heteroatoms. The summed E-state index contributed by atoms with van der Waals surface area (Å²) in [6, 6.07) is 12.0. The topological polar surface area (TPSA) is 91.8 Å². The Labute approximate surface area is 161 Å². The average molecular weight is 367 g/mol. The van der Waals surface area contributed by atoms with E-state index in [1.165, 1.54) is 0 Å². The van der Waals surface area contributed by atoms with E-state index in [2.05, 4.69) is 31.4 Å². The van der Waals surface area contributed by atoms with Crippen LogP contribution in [-0.2, 0) is 6.54 Å². The number of nitrogens with one attached hydrogen (secondary N) is 2. The monoisotopic (exact) mass is 367 g/mol. The number of nitrogens with zero attached hydrogens (tertiary/aromatic N) is 5. The molecule has 0 saturated carbocycles. The molecular weight excluding hydrogens is 350 g/mol. The van der Waals surface area contributed by atoms with Crippen molar-refractivity contribution in [2.45, 2.75) is 13.5 Å². The molecule has 0 radical (unpaired) electrons. The minimum Gasteiger partial charge on any atom is -0.339 e. The van der Waals surface area contributed by atoms with Gasteiger partial charge in [-0.1, -0.05) is 6.07 Å². The normalized spacial score (nSPS) is 12.7. The molecule has 136 valence electrons. The Hall–Kier alpha value is -3.87. The van der Waals surface area contributed by atoms with Crippen LogP contribution in [0.5, 0.6) is 0 Å². The number of aromatic nitrogens is 4. The third kappa shape index (κ3) is 2.73. The second kappa shape index (κ2) is 6.38. The van der Waals surface area contributed by atoms with Gasteiger partial charge in [-0.15, -0.1) is 0 Å². The highest BCUT2D eigenvalue weighted by Crippen LogP contribution is 2.25. The molecule has 28 heavy (non-hydrogen) atoms. The summed E-state index contributed by atoms with van der Waals surface area (Å²) in [5.41, 5.74) is 4.24. The van der Waals surface area contributed by atoms with E-state index in [4.69, 9.17) is 5.41 Å². The smallest absolute Gasteiger partial charge is 0.161 e. The third-order valence-electron chi connectivity index (χ3n) is 4.76. The van der Waals surface area contributed by atoms with Crippen molar-refractivity contribution in [3.8, 4) is 5.82 Å². The van der Waals surface area contributed by atoms with E-state index in [9.17, 15) is 0 Å².